The summed E-state index contributed by atoms with van der Waals surface area (Å²) >= 11 is 0. The van der Waals surface area contributed by atoms with E-state index in [4.69, 9.17) is 13.9 Å². The van der Waals surface area contributed by atoms with E-state index in [9.17, 15) is 9.59 Å². The summed E-state index contributed by atoms with van der Waals surface area (Å²) in [6, 6.07) is 13.0. The Labute approximate surface area is 150 Å². The summed E-state index contributed by atoms with van der Waals surface area (Å²) in [7, 11) is 0. The lowest BCUT2D eigenvalue weighted by Crippen LogP contribution is -2.18. The standard InChI is InChI=1S/C20H21NO5/c1-14-11-15(2)13-16(12-14)24-9-10-25-19(22)7-8-21-17-5-3-4-6-18(17)26-20(21)23/h3-6,11-13H,7-10H2,1-2H3. The van der Waals surface area contributed by atoms with Crippen molar-refractivity contribution >= 4 is 17.1 Å². The molecule has 3 rings (SSSR count). The summed E-state index contributed by atoms with van der Waals surface area (Å²) in [6.45, 7) is 4.66. The van der Waals surface area contributed by atoms with Gasteiger partial charge in [0.05, 0.1) is 11.9 Å². The second kappa shape index (κ2) is 7.91. The molecule has 0 amide bonds. The summed E-state index contributed by atoms with van der Waals surface area (Å²) in [5.74, 6) is -0.0988. The Morgan fingerprint density at radius 2 is 1.81 bits per heavy atom. The number of benzene rings is 2. The first-order valence-electron chi connectivity index (χ1n) is 8.48. The molecule has 0 unspecified atom stereocenters. The zero-order chi connectivity index (χ0) is 18.5. The highest BCUT2D eigenvalue weighted by Gasteiger charge is 2.11. The number of rotatable bonds is 7. The molecule has 3 aromatic rings. The van der Waals surface area contributed by atoms with E-state index in [-0.39, 0.29) is 32.1 Å². The van der Waals surface area contributed by atoms with Gasteiger partial charge in [-0.15, -0.1) is 0 Å². The number of carbonyl (C=O) groups is 1. The van der Waals surface area contributed by atoms with Crippen LogP contribution in [0.25, 0.3) is 11.1 Å². The van der Waals surface area contributed by atoms with E-state index in [1.165, 1.54) is 4.57 Å². The van der Waals surface area contributed by atoms with Crippen LogP contribution in [0, 0.1) is 13.8 Å². The second-order valence-electron chi connectivity index (χ2n) is 6.13. The molecule has 0 fully saturated rings. The molecular weight excluding hydrogens is 334 g/mol. The minimum atomic E-state index is -0.475. The number of ether oxygens (including phenoxy) is 2. The maximum atomic E-state index is 11.9. The van der Waals surface area contributed by atoms with Gasteiger partial charge < -0.3 is 13.9 Å². The Kier molecular flexibility index (Phi) is 5.41. The highest BCUT2D eigenvalue weighted by molar-refractivity contribution is 5.73. The van der Waals surface area contributed by atoms with Crippen molar-refractivity contribution in [3.05, 3.63) is 64.1 Å². The van der Waals surface area contributed by atoms with Gasteiger partial charge in [-0.2, -0.15) is 0 Å². The minimum Gasteiger partial charge on any atom is -0.490 e. The Bertz CT molecular complexity index is 949. The first kappa shape index (κ1) is 17.8. The highest BCUT2D eigenvalue weighted by atomic mass is 16.6. The van der Waals surface area contributed by atoms with Crippen LogP contribution in [-0.2, 0) is 16.1 Å². The van der Waals surface area contributed by atoms with Crippen LogP contribution >= 0.6 is 0 Å². The molecule has 2 aromatic carbocycles. The highest BCUT2D eigenvalue weighted by Crippen LogP contribution is 2.16. The number of oxazole rings is 1. The van der Waals surface area contributed by atoms with Crippen molar-refractivity contribution in [2.45, 2.75) is 26.8 Å². The van der Waals surface area contributed by atoms with Crippen LogP contribution in [0.1, 0.15) is 17.5 Å². The topological polar surface area (TPSA) is 70.7 Å². The molecule has 0 N–H and O–H groups in total. The van der Waals surface area contributed by atoms with E-state index in [1.807, 2.05) is 32.0 Å². The average Bonchev–Trinajstić information content (AvgIpc) is 2.91. The van der Waals surface area contributed by atoms with Gasteiger partial charge in [0, 0.05) is 6.54 Å². The summed E-state index contributed by atoms with van der Waals surface area (Å²) < 4.78 is 17.3. The molecular formula is C20H21NO5. The van der Waals surface area contributed by atoms with Crippen LogP contribution in [0.5, 0.6) is 5.75 Å². The second-order valence-corrected chi connectivity index (χ2v) is 6.13. The van der Waals surface area contributed by atoms with Crippen LogP contribution in [0.3, 0.4) is 0 Å². The van der Waals surface area contributed by atoms with Gasteiger partial charge in [-0.25, -0.2) is 4.79 Å². The van der Waals surface area contributed by atoms with Crippen molar-refractivity contribution in [1.82, 2.24) is 4.57 Å². The molecule has 0 radical (unpaired) electrons. The summed E-state index contributed by atoms with van der Waals surface area (Å²) in [4.78, 5) is 23.7. The fourth-order valence-electron chi connectivity index (χ4n) is 2.83. The van der Waals surface area contributed by atoms with Crippen molar-refractivity contribution < 1.29 is 18.7 Å². The van der Waals surface area contributed by atoms with E-state index in [0.717, 1.165) is 16.9 Å². The fraction of sp³-hybridized carbons (Fsp3) is 0.300. The monoisotopic (exact) mass is 355 g/mol. The predicted molar refractivity (Wildman–Crippen MR) is 97.5 cm³/mol. The molecule has 136 valence electrons. The molecule has 0 aliphatic carbocycles. The van der Waals surface area contributed by atoms with Crippen LogP contribution in [0.15, 0.2) is 51.7 Å². The maximum absolute atomic E-state index is 11.9. The lowest BCUT2D eigenvalue weighted by Gasteiger charge is -2.09. The summed E-state index contributed by atoms with van der Waals surface area (Å²) in [5.41, 5.74) is 3.42. The van der Waals surface area contributed by atoms with Gasteiger partial charge in [0.25, 0.3) is 0 Å². The molecule has 0 atom stereocenters. The number of carbonyl (C=O) groups excluding carboxylic acids is 1. The number of aryl methyl sites for hydroxylation is 3. The lowest BCUT2D eigenvalue weighted by atomic mass is 10.1. The zero-order valence-corrected chi connectivity index (χ0v) is 14.9. The number of fused-ring (bicyclic) bond motifs is 1. The number of aromatic nitrogens is 1. The summed E-state index contributed by atoms with van der Waals surface area (Å²) in [6.07, 6.45) is 0.0903. The fourth-order valence-corrected chi connectivity index (χ4v) is 2.83. The van der Waals surface area contributed by atoms with Gasteiger partial charge in [-0.1, -0.05) is 18.2 Å². The lowest BCUT2D eigenvalue weighted by molar-refractivity contribution is -0.144. The number of hydrogen-bond acceptors (Lipinski definition) is 5. The zero-order valence-electron chi connectivity index (χ0n) is 14.9. The van der Waals surface area contributed by atoms with Crippen LogP contribution in [0.2, 0.25) is 0 Å². The van der Waals surface area contributed by atoms with Crippen molar-refractivity contribution in [3.8, 4) is 5.75 Å². The van der Waals surface area contributed by atoms with E-state index in [1.54, 1.807) is 18.2 Å². The van der Waals surface area contributed by atoms with Gasteiger partial charge in [-0.05, 0) is 49.2 Å². The van der Waals surface area contributed by atoms with E-state index >= 15 is 0 Å². The Morgan fingerprint density at radius 3 is 2.58 bits per heavy atom. The van der Waals surface area contributed by atoms with E-state index in [0.29, 0.717) is 11.1 Å². The Morgan fingerprint density at radius 1 is 1.08 bits per heavy atom. The Hall–Kier alpha value is -3.02. The molecule has 0 spiro atoms. The number of esters is 1. The van der Waals surface area contributed by atoms with Crippen molar-refractivity contribution in [3.63, 3.8) is 0 Å². The largest absolute Gasteiger partial charge is 0.490 e. The number of nitrogens with zero attached hydrogens (tertiary/aromatic N) is 1. The third-order valence-corrected chi connectivity index (χ3v) is 3.92. The number of hydrogen-bond donors (Lipinski definition) is 0. The molecule has 0 saturated heterocycles. The maximum Gasteiger partial charge on any atom is 0.419 e. The first-order valence-corrected chi connectivity index (χ1v) is 8.48. The summed E-state index contributed by atoms with van der Waals surface area (Å²) in [5, 5.41) is 0. The smallest absolute Gasteiger partial charge is 0.419 e. The number of para-hydroxylation sites is 2. The normalized spacial score (nSPS) is 10.8. The van der Waals surface area contributed by atoms with Gasteiger partial charge in [0.1, 0.15) is 19.0 Å². The molecule has 0 saturated carbocycles. The van der Waals surface area contributed by atoms with Crippen molar-refractivity contribution in [2.75, 3.05) is 13.2 Å². The van der Waals surface area contributed by atoms with Crippen LogP contribution in [-0.4, -0.2) is 23.8 Å². The molecule has 0 aliphatic heterocycles. The van der Waals surface area contributed by atoms with E-state index < -0.39 is 5.76 Å². The van der Waals surface area contributed by atoms with Gasteiger partial charge in [-0.3, -0.25) is 9.36 Å². The molecule has 6 nitrogen and oxygen atoms in total. The Balaban J connectivity index is 1.46. The van der Waals surface area contributed by atoms with Crippen molar-refractivity contribution in [2.24, 2.45) is 0 Å². The van der Waals surface area contributed by atoms with Gasteiger partial charge in [0.15, 0.2) is 5.58 Å². The van der Waals surface area contributed by atoms with Gasteiger partial charge in [0.2, 0.25) is 0 Å². The van der Waals surface area contributed by atoms with Crippen LogP contribution < -0.4 is 10.5 Å². The molecule has 6 heteroatoms. The van der Waals surface area contributed by atoms with E-state index in [2.05, 4.69) is 6.07 Å². The minimum absolute atomic E-state index is 0.0903. The molecule has 0 bridgehead atoms. The molecule has 26 heavy (non-hydrogen) atoms. The quantitative estimate of drug-likeness (QED) is 0.481. The predicted octanol–water partition coefficient (Wildman–Crippen LogP) is 3.22. The van der Waals surface area contributed by atoms with Crippen LogP contribution in [0.4, 0.5) is 0 Å². The third kappa shape index (κ3) is 4.33. The van der Waals surface area contributed by atoms with Gasteiger partial charge >= 0.3 is 11.7 Å². The van der Waals surface area contributed by atoms with Crippen molar-refractivity contribution in [1.29, 1.82) is 0 Å². The average molecular weight is 355 g/mol. The molecule has 1 heterocycles. The third-order valence-electron chi connectivity index (χ3n) is 3.92. The first-order chi connectivity index (χ1) is 12.5. The molecule has 0 aliphatic rings. The SMILES string of the molecule is Cc1cc(C)cc(OCCOC(=O)CCn2c(=O)oc3ccccc32)c1. The molecule has 1 aromatic heterocycles.